The standard InChI is InChI=1S/C10H14ClN7O/c1-6(2)19-10-16-8(11)15-9(17-10)12-4-3-7-13-5-14-18-7/h5-6H,3-4H2,1-2H3,(H,13,14,18)(H,12,15,16,17). The molecule has 0 saturated heterocycles. The quantitative estimate of drug-likeness (QED) is 0.818. The predicted octanol–water partition coefficient (Wildman–Crippen LogP) is 1.08. The Bertz CT molecular complexity index is 517. The van der Waals surface area contributed by atoms with Crippen LogP contribution >= 0.6 is 11.6 Å². The van der Waals surface area contributed by atoms with Gasteiger partial charge >= 0.3 is 6.01 Å². The van der Waals surface area contributed by atoms with Crippen LogP contribution in [0.25, 0.3) is 0 Å². The van der Waals surface area contributed by atoms with E-state index in [0.29, 0.717) is 18.9 Å². The van der Waals surface area contributed by atoms with E-state index in [1.54, 1.807) is 0 Å². The molecule has 2 aromatic rings. The number of hydrogen-bond acceptors (Lipinski definition) is 7. The van der Waals surface area contributed by atoms with Crippen molar-refractivity contribution in [2.24, 2.45) is 0 Å². The van der Waals surface area contributed by atoms with Crippen LogP contribution < -0.4 is 10.1 Å². The lowest BCUT2D eigenvalue weighted by molar-refractivity contribution is 0.222. The number of aromatic nitrogens is 6. The van der Waals surface area contributed by atoms with Gasteiger partial charge in [0.15, 0.2) is 0 Å². The maximum Gasteiger partial charge on any atom is 0.322 e. The van der Waals surface area contributed by atoms with Crippen molar-refractivity contribution in [3.05, 3.63) is 17.4 Å². The normalized spacial score (nSPS) is 10.7. The van der Waals surface area contributed by atoms with E-state index in [0.717, 1.165) is 5.82 Å². The SMILES string of the molecule is CC(C)Oc1nc(Cl)nc(NCCc2ncn[nH]2)n1. The third-order valence-electron chi connectivity index (χ3n) is 2.04. The molecule has 2 heterocycles. The minimum atomic E-state index is -0.0273. The van der Waals surface area contributed by atoms with Crippen LogP contribution in [0.2, 0.25) is 5.28 Å². The van der Waals surface area contributed by atoms with Crippen LogP contribution in [0.3, 0.4) is 0 Å². The summed E-state index contributed by atoms with van der Waals surface area (Å²) in [7, 11) is 0. The minimum Gasteiger partial charge on any atom is -0.461 e. The zero-order chi connectivity index (χ0) is 13.7. The molecule has 102 valence electrons. The average Bonchev–Trinajstić information content (AvgIpc) is 2.80. The lowest BCUT2D eigenvalue weighted by atomic mass is 10.4. The van der Waals surface area contributed by atoms with E-state index < -0.39 is 0 Å². The third-order valence-corrected chi connectivity index (χ3v) is 2.21. The van der Waals surface area contributed by atoms with Crippen LogP contribution in [0.15, 0.2) is 6.33 Å². The highest BCUT2D eigenvalue weighted by Crippen LogP contribution is 2.12. The summed E-state index contributed by atoms with van der Waals surface area (Å²) in [6, 6.07) is 0.206. The lowest BCUT2D eigenvalue weighted by Gasteiger charge is -2.09. The maximum absolute atomic E-state index is 5.80. The van der Waals surface area contributed by atoms with E-state index in [-0.39, 0.29) is 17.4 Å². The Labute approximate surface area is 115 Å². The van der Waals surface area contributed by atoms with Crippen molar-refractivity contribution < 1.29 is 4.74 Å². The molecule has 0 fully saturated rings. The van der Waals surface area contributed by atoms with Crippen LogP contribution in [-0.4, -0.2) is 42.8 Å². The van der Waals surface area contributed by atoms with Gasteiger partial charge in [0.2, 0.25) is 11.2 Å². The van der Waals surface area contributed by atoms with E-state index in [4.69, 9.17) is 16.3 Å². The van der Waals surface area contributed by atoms with Gasteiger partial charge in [0, 0.05) is 13.0 Å². The molecule has 0 aliphatic carbocycles. The first-order valence-electron chi connectivity index (χ1n) is 5.80. The zero-order valence-corrected chi connectivity index (χ0v) is 11.3. The molecule has 0 unspecified atom stereocenters. The Kier molecular flexibility index (Phi) is 4.45. The Morgan fingerprint density at radius 1 is 1.37 bits per heavy atom. The minimum absolute atomic E-state index is 0.0273. The number of ether oxygens (including phenoxy) is 1. The largest absolute Gasteiger partial charge is 0.461 e. The van der Waals surface area contributed by atoms with E-state index in [9.17, 15) is 0 Å². The van der Waals surface area contributed by atoms with Crippen molar-refractivity contribution >= 4 is 17.5 Å². The summed E-state index contributed by atoms with van der Waals surface area (Å²) in [5.74, 6) is 1.15. The molecule has 0 aliphatic rings. The van der Waals surface area contributed by atoms with Crippen molar-refractivity contribution in [1.82, 2.24) is 30.1 Å². The summed E-state index contributed by atoms with van der Waals surface area (Å²) in [4.78, 5) is 16.0. The Balaban J connectivity index is 1.93. The van der Waals surface area contributed by atoms with Crippen molar-refractivity contribution in [3.8, 4) is 6.01 Å². The molecule has 2 aromatic heterocycles. The van der Waals surface area contributed by atoms with Gasteiger partial charge in [0.25, 0.3) is 0 Å². The number of halogens is 1. The summed E-state index contributed by atoms with van der Waals surface area (Å²) in [6.45, 7) is 4.36. The number of nitrogens with zero attached hydrogens (tertiary/aromatic N) is 5. The summed E-state index contributed by atoms with van der Waals surface area (Å²) in [5.41, 5.74) is 0. The van der Waals surface area contributed by atoms with Crippen molar-refractivity contribution in [2.75, 3.05) is 11.9 Å². The summed E-state index contributed by atoms with van der Waals surface area (Å²) in [6.07, 6.45) is 2.11. The highest BCUT2D eigenvalue weighted by molar-refractivity contribution is 6.28. The van der Waals surface area contributed by atoms with Crippen LogP contribution in [0.4, 0.5) is 5.95 Å². The third kappa shape index (κ3) is 4.32. The number of H-pyrrole nitrogens is 1. The molecule has 0 bridgehead atoms. The van der Waals surface area contributed by atoms with Gasteiger partial charge in [-0.25, -0.2) is 4.98 Å². The molecule has 2 rings (SSSR count). The number of rotatable bonds is 6. The van der Waals surface area contributed by atoms with Gasteiger partial charge in [0.1, 0.15) is 12.2 Å². The van der Waals surface area contributed by atoms with Gasteiger partial charge in [0.05, 0.1) is 6.10 Å². The molecule has 0 aromatic carbocycles. The molecule has 0 radical (unpaired) electrons. The fourth-order valence-corrected chi connectivity index (χ4v) is 1.47. The predicted molar refractivity (Wildman–Crippen MR) is 69.2 cm³/mol. The Morgan fingerprint density at radius 3 is 2.89 bits per heavy atom. The van der Waals surface area contributed by atoms with E-state index >= 15 is 0 Å². The molecular weight excluding hydrogens is 270 g/mol. The molecule has 8 nitrogen and oxygen atoms in total. The molecule has 0 amide bonds. The lowest BCUT2D eigenvalue weighted by Crippen LogP contribution is -2.13. The number of anilines is 1. The zero-order valence-electron chi connectivity index (χ0n) is 10.6. The fourth-order valence-electron chi connectivity index (χ4n) is 1.32. The summed E-state index contributed by atoms with van der Waals surface area (Å²) < 4.78 is 5.37. The molecule has 0 aliphatic heterocycles. The van der Waals surface area contributed by atoms with Gasteiger partial charge in [-0.05, 0) is 25.4 Å². The van der Waals surface area contributed by atoms with Crippen LogP contribution in [0.5, 0.6) is 6.01 Å². The van der Waals surface area contributed by atoms with Crippen molar-refractivity contribution in [2.45, 2.75) is 26.4 Å². The average molecular weight is 284 g/mol. The van der Waals surface area contributed by atoms with Crippen molar-refractivity contribution in [1.29, 1.82) is 0 Å². The van der Waals surface area contributed by atoms with Gasteiger partial charge < -0.3 is 10.1 Å². The number of aromatic amines is 1. The first-order valence-corrected chi connectivity index (χ1v) is 6.17. The van der Waals surface area contributed by atoms with Gasteiger partial charge in [-0.15, -0.1) is 0 Å². The van der Waals surface area contributed by atoms with Crippen molar-refractivity contribution in [3.63, 3.8) is 0 Å². The fraction of sp³-hybridized carbons (Fsp3) is 0.500. The van der Waals surface area contributed by atoms with Crippen LogP contribution in [0, 0.1) is 0 Å². The smallest absolute Gasteiger partial charge is 0.322 e. The monoisotopic (exact) mass is 283 g/mol. The topological polar surface area (TPSA) is 102 Å². The number of hydrogen-bond donors (Lipinski definition) is 2. The van der Waals surface area contributed by atoms with Crippen LogP contribution in [-0.2, 0) is 6.42 Å². The first-order chi connectivity index (χ1) is 9.13. The molecule has 2 N–H and O–H groups in total. The second-order valence-electron chi connectivity index (χ2n) is 3.99. The Morgan fingerprint density at radius 2 is 2.21 bits per heavy atom. The van der Waals surface area contributed by atoms with Gasteiger partial charge in [-0.1, -0.05) is 0 Å². The number of nitrogens with one attached hydrogen (secondary N) is 2. The highest BCUT2D eigenvalue weighted by atomic mass is 35.5. The summed E-state index contributed by atoms with van der Waals surface area (Å²) in [5, 5.41) is 9.64. The van der Waals surface area contributed by atoms with E-state index in [1.165, 1.54) is 6.33 Å². The van der Waals surface area contributed by atoms with E-state index in [1.807, 2.05) is 13.8 Å². The highest BCUT2D eigenvalue weighted by Gasteiger charge is 2.07. The second kappa shape index (κ2) is 6.28. The second-order valence-corrected chi connectivity index (χ2v) is 4.32. The Hall–Kier alpha value is -1.96. The van der Waals surface area contributed by atoms with E-state index in [2.05, 4.69) is 35.5 Å². The van der Waals surface area contributed by atoms with Gasteiger partial charge in [-0.2, -0.15) is 20.1 Å². The summed E-state index contributed by atoms with van der Waals surface area (Å²) >= 11 is 5.80. The first kappa shape index (κ1) is 13.5. The maximum atomic E-state index is 5.80. The molecule has 9 heteroatoms. The van der Waals surface area contributed by atoms with Crippen LogP contribution in [0.1, 0.15) is 19.7 Å². The molecule has 0 spiro atoms. The van der Waals surface area contributed by atoms with Gasteiger partial charge in [-0.3, -0.25) is 5.10 Å². The molecular formula is C10H14ClN7O. The molecule has 0 atom stereocenters. The molecule has 19 heavy (non-hydrogen) atoms. The molecule has 0 saturated carbocycles.